The molecule has 0 atom stereocenters. The number of carbonyl (C=O) groups excluding carboxylic acids is 1. The number of nitrogens with one attached hydrogen (secondary N) is 2. The summed E-state index contributed by atoms with van der Waals surface area (Å²) in [6.07, 6.45) is 1.73. The average molecular weight is 368 g/mol. The molecule has 0 fully saturated rings. The summed E-state index contributed by atoms with van der Waals surface area (Å²) in [6.45, 7) is 4.42. The zero-order chi connectivity index (χ0) is 19.1. The number of nitrogens with zero attached hydrogens (tertiary/aromatic N) is 2. The van der Waals surface area contributed by atoms with E-state index in [0.29, 0.717) is 36.7 Å². The molecule has 1 aromatic carbocycles. The van der Waals surface area contributed by atoms with Gasteiger partial charge in [-0.05, 0) is 31.2 Å². The van der Waals surface area contributed by atoms with Gasteiger partial charge in [0, 0.05) is 32.9 Å². The summed E-state index contributed by atoms with van der Waals surface area (Å²) in [7, 11) is 1.66. The Kier molecular flexibility index (Phi) is 6.40. The van der Waals surface area contributed by atoms with Crippen molar-refractivity contribution in [1.29, 1.82) is 0 Å². The Morgan fingerprint density at radius 1 is 1.15 bits per heavy atom. The molecule has 7 nitrogen and oxygen atoms in total. The van der Waals surface area contributed by atoms with Gasteiger partial charge in [0.15, 0.2) is 5.76 Å². The molecular formula is C20H24N4O3. The van der Waals surface area contributed by atoms with E-state index >= 15 is 0 Å². The fraction of sp³-hybridized carbons (Fsp3) is 0.300. The van der Waals surface area contributed by atoms with Crippen LogP contribution >= 0.6 is 0 Å². The monoisotopic (exact) mass is 368 g/mol. The molecule has 27 heavy (non-hydrogen) atoms. The summed E-state index contributed by atoms with van der Waals surface area (Å²) < 4.78 is 12.4. The molecule has 0 saturated heterocycles. The van der Waals surface area contributed by atoms with Crippen molar-refractivity contribution in [1.82, 2.24) is 20.4 Å². The number of aromatic nitrogens is 2. The minimum atomic E-state index is -0.185. The topological polar surface area (TPSA) is 81.3 Å². The van der Waals surface area contributed by atoms with E-state index in [0.717, 1.165) is 18.0 Å². The van der Waals surface area contributed by atoms with E-state index in [4.69, 9.17) is 9.15 Å². The minimum Gasteiger partial charge on any atom is -0.460 e. The van der Waals surface area contributed by atoms with Crippen LogP contribution in [0.5, 0.6) is 0 Å². The van der Waals surface area contributed by atoms with Crippen LogP contribution in [0.25, 0.3) is 17.1 Å². The Morgan fingerprint density at radius 2 is 1.96 bits per heavy atom. The minimum absolute atomic E-state index is 0.185. The number of para-hydroxylation sites is 1. The van der Waals surface area contributed by atoms with Gasteiger partial charge in [-0.25, -0.2) is 4.68 Å². The van der Waals surface area contributed by atoms with Crippen molar-refractivity contribution in [3.8, 4) is 17.1 Å². The number of hydrogen-bond acceptors (Lipinski definition) is 5. The van der Waals surface area contributed by atoms with Gasteiger partial charge in [-0.15, -0.1) is 0 Å². The van der Waals surface area contributed by atoms with Crippen LogP contribution in [0.2, 0.25) is 0 Å². The fourth-order valence-corrected chi connectivity index (χ4v) is 2.66. The van der Waals surface area contributed by atoms with Crippen molar-refractivity contribution >= 4 is 5.91 Å². The van der Waals surface area contributed by atoms with Gasteiger partial charge in [0.2, 0.25) is 0 Å². The second-order valence-electron chi connectivity index (χ2n) is 6.08. The molecule has 0 unspecified atom stereocenters. The molecule has 2 aromatic heterocycles. The molecule has 0 saturated carbocycles. The molecule has 142 valence electrons. The maximum Gasteiger partial charge on any atom is 0.255 e. The van der Waals surface area contributed by atoms with E-state index in [-0.39, 0.29) is 5.91 Å². The Labute approximate surface area is 158 Å². The van der Waals surface area contributed by atoms with Crippen LogP contribution in [-0.2, 0) is 4.74 Å². The first-order chi connectivity index (χ1) is 13.2. The number of hydrogen-bond donors (Lipinski definition) is 2. The Bertz CT molecular complexity index is 870. The third-order valence-corrected chi connectivity index (χ3v) is 4.02. The first kappa shape index (κ1) is 18.9. The molecular weight excluding hydrogens is 344 g/mol. The van der Waals surface area contributed by atoms with Crippen LogP contribution in [0.4, 0.5) is 0 Å². The Hall–Kier alpha value is -2.90. The molecule has 1 amide bonds. The first-order valence-electron chi connectivity index (χ1n) is 8.89. The molecule has 3 aromatic rings. The number of benzene rings is 1. The number of ether oxygens (including phenoxy) is 1. The maximum atomic E-state index is 12.7. The molecule has 2 heterocycles. The number of amides is 1. The summed E-state index contributed by atoms with van der Waals surface area (Å²) >= 11 is 0. The van der Waals surface area contributed by atoms with Crippen molar-refractivity contribution in [3.63, 3.8) is 0 Å². The predicted molar refractivity (Wildman–Crippen MR) is 103 cm³/mol. The zero-order valence-corrected chi connectivity index (χ0v) is 15.6. The second-order valence-corrected chi connectivity index (χ2v) is 6.08. The van der Waals surface area contributed by atoms with Crippen molar-refractivity contribution in [3.05, 3.63) is 60.0 Å². The highest BCUT2D eigenvalue weighted by Crippen LogP contribution is 2.25. The first-order valence-corrected chi connectivity index (χ1v) is 8.89. The standard InChI is InChI=1S/C20H24N4O3/c1-15-8-9-18(27-15)19-17(20(25)22-11-10-21-12-13-26-2)14-24(23-19)16-6-4-3-5-7-16/h3-9,14,21H,10-13H2,1-2H3,(H,22,25). The highest BCUT2D eigenvalue weighted by molar-refractivity contribution is 5.99. The van der Waals surface area contributed by atoms with Gasteiger partial charge in [-0.1, -0.05) is 18.2 Å². The number of methoxy groups -OCH3 is 1. The predicted octanol–water partition coefficient (Wildman–Crippen LogP) is 2.41. The molecule has 0 aliphatic rings. The van der Waals surface area contributed by atoms with Crippen molar-refractivity contribution in [2.45, 2.75) is 6.92 Å². The molecule has 0 radical (unpaired) electrons. The second kappa shape index (κ2) is 9.16. The van der Waals surface area contributed by atoms with E-state index in [2.05, 4.69) is 15.7 Å². The van der Waals surface area contributed by atoms with Gasteiger partial charge in [-0.2, -0.15) is 5.10 Å². The average Bonchev–Trinajstić information content (AvgIpc) is 3.31. The number of rotatable bonds is 9. The summed E-state index contributed by atoms with van der Waals surface area (Å²) in [4.78, 5) is 12.7. The lowest BCUT2D eigenvalue weighted by molar-refractivity contribution is 0.0954. The third kappa shape index (κ3) is 4.84. The molecule has 0 spiro atoms. The third-order valence-electron chi connectivity index (χ3n) is 4.02. The van der Waals surface area contributed by atoms with Crippen LogP contribution in [-0.4, -0.2) is 49.0 Å². The Morgan fingerprint density at radius 3 is 2.67 bits per heavy atom. The van der Waals surface area contributed by atoms with Gasteiger partial charge in [0.1, 0.15) is 11.5 Å². The largest absolute Gasteiger partial charge is 0.460 e. The molecule has 2 N–H and O–H groups in total. The maximum absolute atomic E-state index is 12.7. The summed E-state index contributed by atoms with van der Waals surface area (Å²) in [5.41, 5.74) is 1.88. The highest BCUT2D eigenvalue weighted by Gasteiger charge is 2.20. The van der Waals surface area contributed by atoms with Crippen molar-refractivity contribution in [2.75, 3.05) is 33.4 Å². The molecule has 0 aliphatic heterocycles. The van der Waals surface area contributed by atoms with E-state index in [9.17, 15) is 4.79 Å². The molecule has 3 rings (SSSR count). The van der Waals surface area contributed by atoms with Gasteiger partial charge in [0.05, 0.1) is 17.9 Å². The lowest BCUT2D eigenvalue weighted by atomic mass is 10.2. The number of aryl methyl sites for hydroxylation is 1. The summed E-state index contributed by atoms with van der Waals surface area (Å²) in [5, 5.41) is 10.7. The van der Waals surface area contributed by atoms with Crippen LogP contribution in [0, 0.1) is 6.92 Å². The van der Waals surface area contributed by atoms with Crippen molar-refractivity contribution < 1.29 is 13.9 Å². The smallest absolute Gasteiger partial charge is 0.255 e. The van der Waals surface area contributed by atoms with Gasteiger partial charge >= 0.3 is 0 Å². The van der Waals surface area contributed by atoms with Crippen LogP contribution < -0.4 is 10.6 Å². The number of carbonyl (C=O) groups is 1. The summed E-state index contributed by atoms with van der Waals surface area (Å²) in [6, 6.07) is 13.4. The van der Waals surface area contributed by atoms with Crippen molar-refractivity contribution in [2.24, 2.45) is 0 Å². The quantitative estimate of drug-likeness (QED) is 0.567. The fourth-order valence-electron chi connectivity index (χ4n) is 2.66. The number of furan rings is 1. The van der Waals surface area contributed by atoms with Gasteiger partial charge in [0.25, 0.3) is 5.91 Å². The SMILES string of the molecule is COCCNCCNC(=O)c1cn(-c2ccccc2)nc1-c1ccc(C)o1. The van der Waals surface area contributed by atoms with Crippen LogP contribution in [0.1, 0.15) is 16.1 Å². The van der Waals surface area contributed by atoms with Gasteiger partial charge < -0.3 is 19.8 Å². The Balaban J connectivity index is 1.78. The lowest BCUT2D eigenvalue weighted by Crippen LogP contribution is -2.33. The van der Waals surface area contributed by atoms with Gasteiger partial charge in [-0.3, -0.25) is 4.79 Å². The lowest BCUT2D eigenvalue weighted by Gasteiger charge is -2.06. The molecule has 7 heteroatoms. The van der Waals surface area contributed by atoms with Crippen LogP contribution in [0.15, 0.2) is 53.1 Å². The van der Waals surface area contributed by atoms with Crippen LogP contribution in [0.3, 0.4) is 0 Å². The molecule has 0 aliphatic carbocycles. The van der Waals surface area contributed by atoms with E-state index in [1.54, 1.807) is 18.0 Å². The van der Waals surface area contributed by atoms with E-state index < -0.39 is 0 Å². The summed E-state index contributed by atoms with van der Waals surface area (Å²) in [5.74, 6) is 1.16. The van der Waals surface area contributed by atoms with E-state index in [1.807, 2.05) is 49.4 Å². The van der Waals surface area contributed by atoms with E-state index in [1.165, 1.54) is 0 Å². The normalized spacial score (nSPS) is 10.9. The molecule has 0 bridgehead atoms. The zero-order valence-electron chi connectivity index (χ0n) is 15.6. The highest BCUT2D eigenvalue weighted by atomic mass is 16.5.